The van der Waals surface area contributed by atoms with E-state index in [4.69, 9.17) is 17.4 Å². The van der Waals surface area contributed by atoms with E-state index in [9.17, 15) is 13.6 Å². The first-order valence-electron chi connectivity index (χ1n) is 3.65. The maximum absolute atomic E-state index is 12.4. The molecule has 0 unspecified atom stereocenters. The SMILES string of the molecule is NN(C(=O)Cl)c1ccccc1C(F)F. The number of hydrazine groups is 1. The third-order valence-corrected chi connectivity index (χ3v) is 1.80. The van der Waals surface area contributed by atoms with Gasteiger partial charge >= 0.3 is 5.37 Å². The molecule has 6 heteroatoms. The van der Waals surface area contributed by atoms with Gasteiger partial charge in [0.1, 0.15) is 0 Å². The molecule has 1 rings (SSSR count). The van der Waals surface area contributed by atoms with Crippen LogP contribution in [0.2, 0.25) is 0 Å². The van der Waals surface area contributed by atoms with Gasteiger partial charge in [0, 0.05) is 5.56 Å². The summed E-state index contributed by atoms with van der Waals surface area (Å²) in [7, 11) is 0. The van der Waals surface area contributed by atoms with Crippen LogP contribution in [0.15, 0.2) is 24.3 Å². The zero-order chi connectivity index (χ0) is 10.7. The number of hydrogen-bond donors (Lipinski definition) is 1. The maximum Gasteiger partial charge on any atom is 0.335 e. The van der Waals surface area contributed by atoms with Gasteiger partial charge in [-0.15, -0.1) is 0 Å². The van der Waals surface area contributed by atoms with Crippen molar-refractivity contribution in [2.75, 3.05) is 5.01 Å². The van der Waals surface area contributed by atoms with Crippen molar-refractivity contribution in [2.45, 2.75) is 6.43 Å². The fourth-order valence-electron chi connectivity index (χ4n) is 0.986. The Morgan fingerprint density at radius 1 is 1.43 bits per heavy atom. The molecule has 76 valence electrons. The molecule has 0 bridgehead atoms. The number of carbonyl (C=O) groups is 1. The van der Waals surface area contributed by atoms with Gasteiger partial charge in [-0.2, -0.15) is 0 Å². The van der Waals surface area contributed by atoms with Crippen LogP contribution in [0.3, 0.4) is 0 Å². The zero-order valence-electron chi connectivity index (χ0n) is 6.95. The van der Waals surface area contributed by atoms with Crippen LogP contribution in [0.1, 0.15) is 12.0 Å². The van der Waals surface area contributed by atoms with Crippen LogP contribution in [0.4, 0.5) is 19.3 Å². The summed E-state index contributed by atoms with van der Waals surface area (Å²) in [6.07, 6.45) is -2.70. The van der Waals surface area contributed by atoms with E-state index in [1.807, 2.05) is 0 Å². The number of anilines is 1. The molecule has 0 aliphatic rings. The van der Waals surface area contributed by atoms with Crippen LogP contribution in [0.25, 0.3) is 0 Å². The summed E-state index contributed by atoms with van der Waals surface area (Å²) in [5.74, 6) is 5.19. The minimum atomic E-state index is -2.70. The summed E-state index contributed by atoms with van der Waals surface area (Å²) in [4.78, 5) is 10.6. The molecule has 0 atom stereocenters. The van der Waals surface area contributed by atoms with Crippen LogP contribution < -0.4 is 10.9 Å². The van der Waals surface area contributed by atoms with Gasteiger partial charge in [-0.25, -0.2) is 19.6 Å². The first-order valence-corrected chi connectivity index (χ1v) is 4.03. The molecule has 0 aliphatic heterocycles. The number of nitrogens with zero attached hydrogens (tertiary/aromatic N) is 1. The van der Waals surface area contributed by atoms with Crippen LogP contribution in [-0.4, -0.2) is 5.37 Å². The molecule has 3 nitrogen and oxygen atoms in total. The van der Waals surface area contributed by atoms with Gasteiger partial charge < -0.3 is 0 Å². The molecule has 0 aliphatic carbocycles. The lowest BCUT2D eigenvalue weighted by Gasteiger charge is -2.16. The summed E-state index contributed by atoms with van der Waals surface area (Å²) in [5.41, 5.74) is -0.425. The first kappa shape index (κ1) is 10.9. The zero-order valence-corrected chi connectivity index (χ0v) is 7.71. The summed E-state index contributed by atoms with van der Waals surface area (Å²) >= 11 is 5.06. The Kier molecular flexibility index (Phi) is 3.38. The maximum atomic E-state index is 12.4. The number of hydrogen-bond acceptors (Lipinski definition) is 2. The smallest absolute Gasteiger partial charge is 0.254 e. The molecule has 0 heterocycles. The van der Waals surface area contributed by atoms with E-state index in [-0.39, 0.29) is 11.3 Å². The summed E-state index contributed by atoms with van der Waals surface area (Å²) in [5, 5.41) is -0.540. The van der Waals surface area contributed by atoms with Crippen molar-refractivity contribution in [3.8, 4) is 0 Å². The highest BCUT2D eigenvalue weighted by molar-refractivity contribution is 6.66. The van der Waals surface area contributed by atoms with Gasteiger partial charge in [0.15, 0.2) is 0 Å². The molecule has 2 N–H and O–H groups in total. The van der Waals surface area contributed by atoms with Crippen LogP contribution in [0.5, 0.6) is 0 Å². The van der Waals surface area contributed by atoms with Crippen molar-refractivity contribution in [1.82, 2.24) is 0 Å². The van der Waals surface area contributed by atoms with Gasteiger partial charge in [0.25, 0.3) is 6.43 Å². The summed E-state index contributed by atoms with van der Waals surface area (Å²) in [6, 6.07) is 5.39. The lowest BCUT2D eigenvalue weighted by molar-refractivity contribution is 0.152. The lowest BCUT2D eigenvalue weighted by atomic mass is 10.2. The minimum absolute atomic E-state index is 0.0949. The highest BCUT2D eigenvalue weighted by atomic mass is 35.5. The molecule has 0 aromatic heterocycles. The van der Waals surface area contributed by atoms with E-state index >= 15 is 0 Å². The van der Waals surface area contributed by atoms with E-state index in [0.717, 1.165) is 0 Å². The molecule has 0 saturated carbocycles. The Labute approximate surface area is 84.0 Å². The van der Waals surface area contributed by atoms with E-state index in [2.05, 4.69) is 0 Å². The van der Waals surface area contributed by atoms with Crippen molar-refractivity contribution in [3.05, 3.63) is 29.8 Å². The van der Waals surface area contributed by atoms with Gasteiger partial charge in [-0.05, 0) is 17.7 Å². The predicted molar refractivity (Wildman–Crippen MR) is 49.3 cm³/mol. The fraction of sp³-hybridized carbons (Fsp3) is 0.125. The molecule has 1 aromatic carbocycles. The quantitative estimate of drug-likeness (QED) is 0.274. The Morgan fingerprint density at radius 2 is 2.00 bits per heavy atom. The van der Waals surface area contributed by atoms with Crippen molar-refractivity contribution >= 4 is 22.7 Å². The van der Waals surface area contributed by atoms with E-state index in [1.165, 1.54) is 24.3 Å². The number of para-hydroxylation sites is 1. The summed E-state index contributed by atoms with van der Waals surface area (Å²) in [6.45, 7) is 0. The average molecular weight is 221 g/mol. The van der Waals surface area contributed by atoms with Crippen LogP contribution >= 0.6 is 11.6 Å². The number of halogens is 3. The van der Waals surface area contributed by atoms with E-state index in [0.29, 0.717) is 5.01 Å². The van der Waals surface area contributed by atoms with E-state index < -0.39 is 11.8 Å². The number of nitrogens with two attached hydrogens (primary N) is 1. The van der Waals surface area contributed by atoms with E-state index in [1.54, 1.807) is 0 Å². The monoisotopic (exact) mass is 220 g/mol. The van der Waals surface area contributed by atoms with Crippen molar-refractivity contribution < 1.29 is 13.6 Å². The van der Waals surface area contributed by atoms with Gasteiger partial charge in [-0.1, -0.05) is 18.2 Å². The largest absolute Gasteiger partial charge is 0.335 e. The van der Waals surface area contributed by atoms with Crippen molar-refractivity contribution in [1.29, 1.82) is 0 Å². The molecule has 0 saturated heterocycles. The third-order valence-electron chi connectivity index (χ3n) is 1.62. The Hall–Kier alpha value is -1.20. The molecule has 1 aromatic rings. The molecule has 1 amide bonds. The first-order chi connectivity index (χ1) is 6.54. The summed E-state index contributed by atoms with van der Waals surface area (Å²) < 4.78 is 24.8. The number of alkyl halides is 2. The highest BCUT2D eigenvalue weighted by Crippen LogP contribution is 2.28. The minimum Gasteiger partial charge on any atom is -0.254 e. The molecular weight excluding hydrogens is 214 g/mol. The molecule has 14 heavy (non-hydrogen) atoms. The lowest BCUT2D eigenvalue weighted by Crippen LogP contribution is -2.33. The van der Waals surface area contributed by atoms with Gasteiger partial charge in [0.2, 0.25) is 0 Å². The number of benzene rings is 1. The van der Waals surface area contributed by atoms with Gasteiger partial charge in [-0.3, -0.25) is 4.79 Å². The Bertz CT molecular complexity index is 346. The number of rotatable bonds is 2. The molecule has 0 fully saturated rings. The topological polar surface area (TPSA) is 46.3 Å². The van der Waals surface area contributed by atoms with Gasteiger partial charge in [0.05, 0.1) is 5.69 Å². The van der Waals surface area contributed by atoms with Crippen LogP contribution in [0, 0.1) is 0 Å². The molecular formula is C8H7ClF2N2O. The average Bonchev–Trinajstić information content (AvgIpc) is 2.16. The van der Waals surface area contributed by atoms with Crippen LogP contribution in [-0.2, 0) is 0 Å². The second-order valence-electron chi connectivity index (χ2n) is 2.48. The second kappa shape index (κ2) is 4.34. The Balaban J connectivity index is 3.13. The Morgan fingerprint density at radius 3 is 2.50 bits per heavy atom. The fourth-order valence-corrected chi connectivity index (χ4v) is 1.08. The molecule has 0 spiro atoms. The predicted octanol–water partition coefficient (Wildman–Crippen LogP) is 2.66. The second-order valence-corrected chi connectivity index (χ2v) is 2.81. The highest BCUT2D eigenvalue weighted by Gasteiger charge is 2.18. The number of amides is 1. The standard InChI is InChI=1S/C8H7ClF2N2O/c9-8(14)13(12)6-4-2-1-3-5(6)7(10)11/h1-4,7H,12H2. The van der Waals surface area contributed by atoms with Crippen molar-refractivity contribution in [2.24, 2.45) is 5.84 Å². The molecule has 0 radical (unpaired) electrons. The number of carbonyl (C=O) groups excluding carboxylic acids is 1. The van der Waals surface area contributed by atoms with Crippen molar-refractivity contribution in [3.63, 3.8) is 0 Å². The normalized spacial score (nSPS) is 10.4. The third kappa shape index (κ3) is 2.18.